The number of rotatable bonds is 6. The number of aryl methyl sites for hydroxylation is 2. The summed E-state index contributed by atoms with van der Waals surface area (Å²) in [5, 5.41) is 23.7. The van der Waals surface area contributed by atoms with E-state index < -0.39 is 11.0 Å². The zero-order valence-corrected chi connectivity index (χ0v) is 21.2. The molecule has 190 valence electrons. The molecule has 2 N–H and O–H groups in total. The number of phenolic OH excluding ortho intramolecular Hbond substituents is 1. The van der Waals surface area contributed by atoms with E-state index >= 15 is 0 Å². The van der Waals surface area contributed by atoms with E-state index in [4.69, 9.17) is 4.74 Å². The number of amides is 1. The normalized spacial score (nSPS) is 31.9. The van der Waals surface area contributed by atoms with E-state index in [1.165, 1.54) is 5.56 Å². The molecule has 2 unspecified atom stereocenters. The summed E-state index contributed by atoms with van der Waals surface area (Å²) in [6.45, 7) is 7.54. The van der Waals surface area contributed by atoms with Crippen LogP contribution in [-0.2, 0) is 23.1 Å². The van der Waals surface area contributed by atoms with E-state index in [2.05, 4.69) is 36.6 Å². The smallest absolute Gasteiger partial charge is 0.222 e. The molecule has 2 aromatic carbocycles. The van der Waals surface area contributed by atoms with Gasteiger partial charge >= 0.3 is 0 Å². The van der Waals surface area contributed by atoms with Gasteiger partial charge < -0.3 is 19.8 Å². The van der Waals surface area contributed by atoms with Crippen LogP contribution < -0.4 is 4.74 Å². The zero-order valence-electron chi connectivity index (χ0n) is 21.2. The number of likely N-dealkylation sites (N-methyl/N-ethyl adjacent to an activating group) is 1. The maximum absolute atomic E-state index is 13.5. The van der Waals surface area contributed by atoms with E-state index in [0.717, 1.165) is 36.1 Å². The number of ether oxygens (including phenoxy) is 1. The second kappa shape index (κ2) is 8.35. The molecule has 0 aromatic heterocycles. The third-order valence-electron chi connectivity index (χ3n) is 9.49. The fourth-order valence-corrected chi connectivity index (χ4v) is 7.98. The number of carbonyl (C=O) groups excluding carboxylic acids is 1. The molecule has 1 saturated carbocycles. The number of piperidine rings is 1. The molecule has 4 aliphatic rings. The van der Waals surface area contributed by atoms with Crippen LogP contribution in [0, 0.1) is 6.92 Å². The van der Waals surface area contributed by atoms with Gasteiger partial charge in [0.25, 0.3) is 0 Å². The Hall–Kier alpha value is -2.83. The highest BCUT2D eigenvalue weighted by atomic mass is 16.5. The van der Waals surface area contributed by atoms with Gasteiger partial charge in [-0.25, -0.2) is 0 Å². The molecule has 1 amide bonds. The van der Waals surface area contributed by atoms with Crippen molar-refractivity contribution in [3.63, 3.8) is 0 Å². The summed E-state index contributed by atoms with van der Waals surface area (Å²) in [6, 6.07) is 11.5. The van der Waals surface area contributed by atoms with Crippen LogP contribution in [0.3, 0.4) is 0 Å². The van der Waals surface area contributed by atoms with Crippen molar-refractivity contribution < 1.29 is 19.7 Å². The number of hydrogen-bond acceptors (Lipinski definition) is 5. The Morgan fingerprint density at radius 3 is 2.92 bits per heavy atom. The van der Waals surface area contributed by atoms with Gasteiger partial charge in [-0.15, -0.1) is 6.58 Å². The van der Waals surface area contributed by atoms with Crippen molar-refractivity contribution in [2.75, 3.05) is 20.1 Å². The van der Waals surface area contributed by atoms with Gasteiger partial charge in [0.1, 0.15) is 11.7 Å². The number of nitrogens with zero attached hydrogens (tertiary/aromatic N) is 2. The van der Waals surface area contributed by atoms with Crippen LogP contribution in [0.4, 0.5) is 0 Å². The van der Waals surface area contributed by atoms with E-state index in [-0.39, 0.29) is 29.8 Å². The first-order valence-corrected chi connectivity index (χ1v) is 13.2. The summed E-state index contributed by atoms with van der Waals surface area (Å²) < 4.78 is 6.42. The Kier molecular flexibility index (Phi) is 5.47. The predicted molar refractivity (Wildman–Crippen MR) is 138 cm³/mol. The third kappa shape index (κ3) is 3.07. The number of benzene rings is 2. The van der Waals surface area contributed by atoms with Crippen molar-refractivity contribution in [2.24, 2.45) is 0 Å². The van der Waals surface area contributed by atoms with Crippen molar-refractivity contribution in [1.82, 2.24) is 9.80 Å². The largest absolute Gasteiger partial charge is 0.504 e. The highest BCUT2D eigenvalue weighted by Crippen LogP contribution is 2.65. The van der Waals surface area contributed by atoms with E-state index in [1.54, 1.807) is 6.07 Å². The first-order chi connectivity index (χ1) is 17.3. The monoisotopic (exact) mass is 488 g/mol. The highest BCUT2D eigenvalue weighted by Gasteiger charge is 2.74. The van der Waals surface area contributed by atoms with Crippen LogP contribution in [0.2, 0.25) is 0 Å². The number of phenols is 1. The molecule has 6 rings (SSSR count). The Labute approximate surface area is 213 Å². The van der Waals surface area contributed by atoms with Crippen molar-refractivity contribution in [1.29, 1.82) is 0 Å². The Morgan fingerprint density at radius 2 is 2.14 bits per heavy atom. The maximum Gasteiger partial charge on any atom is 0.222 e. The van der Waals surface area contributed by atoms with Crippen LogP contribution in [-0.4, -0.2) is 69.8 Å². The fraction of sp³-hybridized carbons (Fsp3) is 0.500. The Balaban J connectivity index is 1.38. The molecule has 2 aliphatic heterocycles. The minimum absolute atomic E-state index is 0.0546. The fourth-order valence-electron chi connectivity index (χ4n) is 7.98. The average molecular weight is 489 g/mol. The molecule has 0 radical (unpaired) electrons. The lowest BCUT2D eigenvalue weighted by Gasteiger charge is -2.66. The van der Waals surface area contributed by atoms with Crippen LogP contribution in [0.15, 0.2) is 49.1 Å². The summed E-state index contributed by atoms with van der Waals surface area (Å²) in [5.74, 6) is 0.741. The maximum atomic E-state index is 13.5. The molecule has 5 atom stereocenters. The minimum Gasteiger partial charge on any atom is -0.504 e. The topological polar surface area (TPSA) is 73.2 Å². The second-order valence-corrected chi connectivity index (χ2v) is 11.2. The van der Waals surface area contributed by atoms with E-state index in [9.17, 15) is 15.0 Å². The predicted octanol–water partition coefficient (Wildman–Crippen LogP) is 3.50. The lowest BCUT2D eigenvalue weighted by Crippen LogP contribution is -2.81. The van der Waals surface area contributed by atoms with Crippen molar-refractivity contribution >= 4 is 5.91 Å². The van der Waals surface area contributed by atoms with Crippen LogP contribution in [0.5, 0.6) is 11.5 Å². The first-order valence-electron chi connectivity index (χ1n) is 13.2. The number of aliphatic hydroxyl groups is 1. The van der Waals surface area contributed by atoms with Gasteiger partial charge in [0.2, 0.25) is 5.91 Å². The van der Waals surface area contributed by atoms with Crippen molar-refractivity contribution in [2.45, 2.75) is 74.7 Å². The van der Waals surface area contributed by atoms with Crippen LogP contribution in [0.25, 0.3) is 0 Å². The summed E-state index contributed by atoms with van der Waals surface area (Å²) in [6.07, 6.45) is 5.57. The van der Waals surface area contributed by atoms with E-state index in [1.807, 2.05) is 30.2 Å². The number of aromatic hydroxyl groups is 1. The number of carbonyl (C=O) groups is 1. The van der Waals surface area contributed by atoms with Gasteiger partial charge in [0.05, 0.1) is 11.5 Å². The van der Waals surface area contributed by atoms with Gasteiger partial charge in [-0.2, -0.15) is 0 Å². The summed E-state index contributed by atoms with van der Waals surface area (Å²) in [4.78, 5) is 17.7. The van der Waals surface area contributed by atoms with Crippen LogP contribution in [0.1, 0.15) is 47.9 Å². The summed E-state index contributed by atoms with van der Waals surface area (Å²) in [7, 11) is 1.86. The molecule has 6 nitrogen and oxygen atoms in total. The molecule has 36 heavy (non-hydrogen) atoms. The molecule has 2 aromatic rings. The molecule has 2 aliphatic carbocycles. The molecule has 2 bridgehead atoms. The average Bonchev–Trinajstić information content (AvgIpc) is 3.20. The first kappa shape index (κ1) is 23.6. The van der Waals surface area contributed by atoms with Gasteiger partial charge in [0.15, 0.2) is 11.5 Å². The minimum atomic E-state index is -1.18. The van der Waals surface area contributed by atoms with Gasteiger partial charge in [0, 0.05) is 31.6 Å². The summed E-state index contributed by atoms with van der Waals surface area (Å²) in [5.41, 5.74) is 2.65. The lowest BCUT2D eigenvalue weighted by molar-refractivity contribution is -0.216. The highest BCUT2D eigenvalue weighted by molar-refractivity contribution is 5.77. The van der Waals surface area contributed by atoms with Crippen molar-refractivity contribution in [3.8, 4) is 11.5 Å². The molecular weight excluding hydrogens is 452 g/mol. The molecule has 1 saturated heterocycles. The Bertz CT molecular complexity index is 1230. The SMILES string of the molecule is C=CCN1CC[C@]23c4c5ccc(O)c4OC2CCC(N(C)C(=O)CCc2cccc(C)c2)[C@@]3(O)[C@H]1C5. The Morgan fingerprint density at radius 1 is 1.31 bits per heavy atom. The molecule has 2 fully saturated rings. The molecular formula is C30H36N2O4. The van der Waals surface area contributed by atoms with E-state index in [0.29, 0.717) is 38.0 Å². The summed E-state index contributed by atoms with van der Waals surface area (Å²) >= 11 is 0. The van der Waals surface area contributed by atoms with Crippen LogP contribution >= 0.6 is 0 Å². The lowest BCUT2D eigenvalue weighted by atomic mass is 9.47. The third-order valence-corrected chi connectivity index (χ3v) is 9.49. The molecule has 1 spiro atoms. The standard InChI is InChI=1S/C30H36N2O4/c1-4-15-32-16-14-29-25-12-11-23(31(3)26(34)13-8-20-7-5-6-19(2)17-20)30(29,35)24(32)18-21-9-10-22(33)28(36-25)27(21)29/h4-7,9-10,17,23-25,33,35H,1,8,11-16,18H2,2-3H3/t23?,24-,25?,29-,30-/m1/s1. The van der Waals surface area contributed by atoms with Gasteiger partial charge in [-0.1, -0.05) is 42.0 Å². The van der Waals surface area contributed by atoms with Gasteiger partial charge in [-0.3, -0.25) is 9.69 Å². The van der Waals surface area contributed by atoms with Gasteiger partial charge in [-0.05, 0) is 62.8 Å². The van der Waals surface area contributed by atoms with Crippen molar-refractivity contribution in [3.05, 3.63) is 71.3 Å². The quantitative estimate of drug-likeness (QED) is 0.609. The zero-order chi connectivity index (χ0) is 25.2. The number of hydrogen-bond donors (Lipinski definition) is 2. The number of likely N-dealkylation sites (tertiary alicyclic amines) is 1. The molecule has 2 heterocycles. The second-order valence-electron chi connectivity index (χ2n) is 11.2. The molecule has 6 heteroatoms.